The lowest BCUT2D eigenvalue weighted by atomic mass is 10.0. The summed E-state index contributed by atoms with van der Waals surface area (Å²) in [5.41, 5.74) is 0. The lowest BCUT2D eigenvalue weighted by molar-refractivity contribution is -0.121. The van der Waals surface area contributed by atoms with Gasteiger partial charge in [0.25, 0.3) is 0 Å². The highest BCUT2D eigenvalue weighted by atomic mass is 16.2. The van der Waals surface area contributed by atoms with Gasteiger partial charge < -0.3 is 20.2 Å². The fraction of sp³-hybridized carbons (Fsp3) is 0.933. The minimum Gasteiger partial charge on any atom is -0.396 e. The van der Waals surface area contributed by atoms with E-state index in [1.165, 1.54) is 12.8 Å². The standard InChI is InChI=1S/C15H31N3O2/c1-17-10-6-14(7-11-17)18(2)12-8-15(20)16-9-4-3-5-13-19/h14,19H,3-13H2,1-2H3,(H,16,20). The molecule has 118 valence electrons. The number of piperidine rings is 1. The van der Waals surface area contributed by atoms with Crippen LogP contribution in [0.5, 0.6) is 0 Å². The minimum absolute atomic E-state index is 0.147. The van der Waals surface area contributed by atoms with Gasteiger partial charge in [0.15, 0.2) is 0 Å². The molecule has 0 aromatic carbocycles. The molecule has 5 nitrogen and oxygen atoms in total. The molecule has 0 unspecified atom stereocenters. The highest BCUT2D eigenvalue weighted by Gasteiger charge is 2.20. The summed E-state index contributed by atoms with van der Waals surface area (Å²) in [4.78, 5) is 16.4. The van der Waals surface area contributed by atoms with Crippen LogP contribution in [0.2, 0.25) is 0 Å². The predicted octanol–water partition coefficient (Wildman–Crippen LogP) is 0.681. The van der Waals surface area contributed by atoms with Gasteiger partial charge in [-0.1, -0.05) is 0 Å². The number of likely N-dealkylation sites (tertiary alicyclic amines) is 1. The van der Waals surface area contributed by atoms with Crippen molar-refractivity contribution in [1.82, 2.24) is 15.1 Å². The van der Waals surface area contributed by atoms with Crippen LogP contribution in [-0.2, 0) is 4.79 Å². The van der Waals surface area contributed by atoms with Crippen LogP contribution in [-0.4, -0.2) is 73.7 Å². The first-order chi connectivity index (χ1) is 9.63. The fourth-order valence-electron chi connectivity index (χ4n) is 2.63. The van der Waals surface area contributed by atoms with Crippen LogP contribution in [0, 0.1) is 0 Å². The van der Waals surface area contributed by atoms with E-state index < -0.39 is 0 Å². The largest absolute Gasteiger partial charge is 0.396 e. The van der Waals surface area contributed by atoms with Gasteiger partial charge in [-0.2, -0.15) is 0 Å². The third-order valence-corrected chi connectivity index (χ3v) is 4.16. The van der Waals surface area contributed by atoms with Crippen molar-refractivity contribution in [2.45, 2.75) is 44.6 Å². The first-order valence-corrected chi connectivity index (χ1v) is 7.90. The Morgan fingerprint density at radius 3 is 2.65 bits per heavy atom. The molecule has 20 heavy (non-hydrogen) atoms. The molecular weight excluding hydrogens is 254 g/mol. The van der Waals surface area contributed by atoms with E-state index in [-0.39, 0.29) is 12.5 Å². The molecule has 0 saturated carbocycles. The van der Waals surface area contributed by atoms with Crippen molar-refractivity contribution in [2.75, 3.05) is 46.9 Å². The number of amides is 1. The normalized spacial score (nSPS) is 17.6. The highest BCUT2D eigenvalue weighted by molar-refractivity contribution is 5.75. The van der Waals surface area contributed by atoms with Gasteiger partial charge in [-0.3, -0.25) is 4.79 Å². The summed E-state index contributed by atoms with van der Waals surface area (Å²) in [7, 11) is 4.30. The number of nitrogens with zero attached hydrogens (tertiary/aromatic N) is 2. The number of aliphatic hydroxyl groups excluding tert-OH is 1. The van der Waals surface area contributed by atoms with Crippen molar-refractivity contribution < 1.29 is 9.90 Å². The molecule has 0 aromatic rings. The first-order valence-electron chi connectivity index (χ1n) is 7.90. The van der Waals surface area contributed by atoms with E-state index in [1.807, 2.05) is 0 Å². The van der Waals surface area contributed by atoms with Gasteiger partial charge in [0, 0.05) is 32.2 Å². The molecule has 2 N–H and O–H groups in total. The second kappa shape index (κ2) is 10.1. The second-order valence-corrected chi connectivity index (χ2v) is 5.90. The van der Waals surface area contributed by atoms with Crippen molar-refractivity contribution in [3.8, 4) is 0 Å². The van der Waals surface area contributed by atoms with Crippen LogP contribution in [0.1, 0.15) is 38.5 Å². The van der Waals surface area contributed by atoms with Gasteiger partial charge in [0.1, 0.15) is 0 Å². The van der Waals surface area contributed by atoms with E-state index in [0.29, 0.717) is 12.5 Å². The Balaban J connectivity index is 2.05. The van der Waals surface area contributed by atoms with Crippen molar-refractivity contribution in [3.63, 3.8) is 0 Å². The third-order valence-electron chi connectivity index (χ3n) is 4.16. The van der Waals surface area contributed by atoms with E-state index in [9.17, 15) is 4.79 Å². The fourth-order valence-corrected chi connectivity index (χ4v) is 2.63. The van der Waals surface area contributed by atoms with Crippen LogP contribution in [0.3, 0.4) is 0 Å². The quantitative estimate of drug-likeness (QED) is 0.612. The van der Waals surface area contributed by atoms with Crippen molar-refractivity contribution >= 4 is 5.91 Å². The maximum Gasteiger partial charge on any atom is 0.221 e. The zero-order valence-electron chi connectivity index (χ0n) is 13.1. The van der Waals surface area contributed by atoms with Gasteiger partial charge in [0.05, 0.1) is 0 Å². The molecule has 1 aliphatic heterocycles. The minimum atomic E-state index is 0.147. The number of hydrogen-bond acceptors (Lipinski definition) is 4. The zero-order valence-corrected chi connectivity index (χ0v) is 13.1. The van der Waals surface area contributed by atoms with Gasteiger partial charge in [0.2, 0.25) is 5.91 Å². The molecule has 0 spiro atoms. The van der Waals surface area contributed by atoms with Crippen LogP contribution in [0.15, 0.2) is 0 Å². The molecule has 0 bridgehead atoms. The number of aliphatic hydroxyl groups is 1. The van der Waals surface area contributed by atoms with E-state index in [0.717, 1.165) is 45.4 Å². The van der Waals surface area contributed by atoms with E-state index >= 15 is 0 Å². The number of rotatable bonds is 9. The summed E-state index contributed by atoms with van der Waals surface area (Å²) >= 11 is 0. The molecule has 1 amide bonds. The van der Waals surface area contributed by atoms with Crippen LogP contribution >= 0.6 is 0 Å². The lowest BCUT2D eigenvalue weighted by Crippen LogP contribution is -2.43. The Morgan fingerprint density at radius 1 is 1.30 bits per heavy atom. The van der Waals surface area contributed by atoms with Gasteiger partial charge in [-0.15, -0.1) is 0 Å². The summed E-state index contributed by atoms with van der Waals surface area (Å²) < 4.78 is 0. The molecule has 1 saturated heterocycles. The number of hydrogen-bond donors (Lipinski definition) is 2. The molecule has 0 atom stereocenters. The van der Waals surface area contributed by atoms with Crippen LogP contribution in [0.4, 0.5) is 0 Å². The van der Waals surface area contributed by atoms with Crippen molar-refractivity contribution in [2.24, 2.45) is 0 Å². The predicted molar refractivity (Wildman–Crippen MR) is 81.7 cm³/mol. The molecule has 0 aromatic heterocycles. The van der Waals surface area contributed by atoms with Crippen LogP contribution in [0.25, 0.3) is 0 Å². The molecule has 5 heteroatoms. The topological polar surface area (TPSA) is 55.8 Å². The number of nitrogens with one attached hydrogen (secondary N) is 1. The monoisotopic (exact) mass is 285 g/mol. The molecular formula is C15H31N3O2. The van der Waals surface area contributed by atoms with Crippen molar-refractivity contribution in [3.05, 3.63) is 0 Å². The third kappa shape index (κ3) is 7.22. The lowest BCUT2D eigenvalue weighted by Gasteiger charge is -2.35. The van der Waals surface area contributed by atoms with Crippen LogP contribution < -0.4 is 5.32 Å². The summed E-state index contributed by atoms with van der Waals surface area (Å²) in [5.74, 6) is 0.147. The Labute approximate surface area is 123 Å². The average molecular weight is 285 g/mol. The Bertz CT molecular complexity index is 266. The van der Waals surface area contributed by atoms with Gasteiger partial charge >= 0.3 is 0 Å². The summed E-state index contributed by atoms with van der Waals surface area (Å²) in [5, 5.41) is 11.6. The molecule has 0 aliphatic carbocycles. The summed E-state index contributed by atoms with van der Waals surface area (Å²) in [6, 6.07) is 0.628. The average Bonchev–Trinajstić information content (AvgIpc) is 2.45. The highest BCUT2D eigenvalue weighted by Crippen LogP contribution is 2.14. The smallest absolute Gasteiger partial charge is 0.221 e. The SMILES string of the molecule is CN1CCC(N(C)CCC(=O)NCCCCCO)CC1. The first kappa shape index (κ1) is 17.4. The molecule has 1 fully saturated rings. The molecule has 1 rings (SSSR count). The number of carbonyl (C=O) groups excluding carboxylic acids is 1. The maximum absolute atomic E-state index is 11.7. The van der Waals surface area contributed by atoms with E-state index in [4.69, 9.17) is 5.11 Å². The number of carbonyl (C=O) groups is 1. The van der Waals surface area contributed by atoms with Crippen molar-refractivity contribution in [1.29, 1.82) is 0 Å². The maximum atomic E-state index is 11.7. The zero-order chi connectivity index (χ0) is 14.8. The Morgan fingerprint density at radius 2 is 2.00 bits per heavy atom. The number of unbranched alkanes of at least 4 members (excludes halogenated alkanes) is 2. The molecule has 1 heterocycles. The Hall–Kier alpha value is -0.650. The van der Waals surface area contributed by atoms with E-state index in [2.05, 4.69) is 29.2 Å². The summed E-state index contributed by atoms with van der Waals surface area (Å²) in [6.07, 6.45) is 5.76. The molecule has 1 aliphatic rings. The molecule has 0 radical (unpaired) electrons. The van der Waals surface area contributed by atoms with E-state index in [1.54, 1.807) is 0 Å². The Kier molecular flexibility index (Phi) is 8.82. The summed E-state index contributed by atoms with van der Waals surface area (Å²) in [6.45, 7) is 4.14. The van der Waals surface area contributed by atoms with Gasteiger partial charge in [-0.25, -0.2) is 0 Å². The van der Waals surface area contributed by atoms with Gasteiger partial charge in [-0.05, 0) is 59.3 Å². The second-order valence-electron chi connectivity index (χ2n) is 5.90.